The third-order valence-electron chi connectivity index (χ3n) is 3.53. The topological polar surface area (TPSA) is 115 Å². The highest BCUT2D eigenvalue weighted by Crippen LogP contribution is 2.18. The van der Waals surface area contributed by atoms with Crippen molar-refractivity contribution in [1.82, 2.24) is 25.1 Å². The van der Waals surface area contributed by atoms with Crippen molar-refractivity contribution in [2.75, 3.05) is 11.1 Å². The molecule has 3 rings (SSSR count). The van der Waals surface area contributed by atoms with Crippen molar-refractivity contribution in [2.24, 2.45) is 0 Å². The summed E-state index contributed by atoms with van der Waals surface area (Å²) < 4.78 is 6.85. The second-order valence-corrected chi connectivity index (χ2v) is 6.48. The molecule has 0 aromatic carbocycles. The molecule has 0 saturated heterocycles. The number of nitrogens with zero attached hydrogens (tertiary/aromatic N) is 4. The second-order valence-electron chi connectivity index (χ2n) is 5.54. The number of thioether (sulfide) groups is 1. The SMILES string of the molecule is C=CCn1c(CNC(=O)c2ccco2)nnc1SCC(=O)Nc1cccnc1. The van der Waals surface area contributed by atoms with E-state index < -0.39 is 0 Å². The van der Waals surface area contributed by atoms with E-state index in [2.05, 4.69) is 32.4 Å². The Kier molecular flexibility index (Phi) is 6.58. The number of pyridine rings is 1. The van der Waals surface area contributed by atoms with Crippen LogP contribution >= 0.6 is 11.8 Å². The van der Waals surface area contributed by atoms with E-state index in [9.17, 15) is 9.59 Å². The number of allylic oxidation sites excluding steroid dienone is 1. The largest absolute Gasteiger partial charge is 0.459 e. The van der Waals surface area contributed by atoms with Gasteiger partial charge in [0.05, 0.1) is 30.4 Å². The average Bonchev–Trinajstić information content (AvgIpc) is 3.36. The number of nitrogens with one attached hydrogen (secondary N) is 2. The van der Waals surface area contributed by atoms with Crippen LogP contribution in [0.1, 0.15) is 16.4 Å². The van der Waals surface area contributed by atoms with Gasteiger partial charge in [0.25, 0.3) is 5.91 Å². The third-order valence-corrected chi connectivity index (χ3v) is 4.50. The first kappa shape index (κ1) is 19.4. The number of hydrogen-bond acceptors (Lipinski definition) is 7. The van der Waals surface area contributed by atoms with E-state index in [4.69, 9.17) is 4.42 Å². The van der Waals surface area contributed by atoms with E-state index in [0.717, 1.165) is 0 Å². The van der Waals surface area contributed by atoms with Crippen LogP contribution in [-0.4, -0.2) is 37.3 Å². The molecule has 0 aliphatic carbocycles. The number of furan rings is 1. The van der Waals surface area contributed by atoms with Crippen molar-refractivity contribution in [3.63, 3.8) is 0 Å². The van der Waals surface area contributed by atoms with E-state index in [1.807, 2.05) is 0 Å². The number of carbonyl (C=O) groups is 2. The predicted octanol–water partition coefficient (Wildman–Crippen LogP) is 2.11. The summed E-state index contributed by atoms with van der Waals surface area (Å²) in [5.74, 6) is 0.400. The number of hydrogen-bond donors (Lipinski definition) is 2. The molecule has 0 unspecified atom stereocenters. The van der Waals surface area contributed by atoms with Crippen molar-refractivity contribution >= 4 is 29.3 Å². The first-order valence-electron chi connectivity index (χ1n) is 8.34. The number of aromatic nitrogens is 4. The summed E-state index contributed by atoms with van der Waals surface area (Å²) in [6.07, 6.45) is 6.33. The normalized spacial score (nSPS) is 10.4. The lowest BCUT2D eigenvalue weighted by Gasteiger charge is -2.08. The summed E-state index contributed by atoms with van der Waals surface area (Å²) in [7, 11) is 0. The van der Waals surface area contributed by atoms with Gasteiger partial charge in [-0.15, -0.1) is 16.8 Å². The summed E-state index contributed by atoms with van der Waals surface area (Å²) in [4.78, 5) is 28.1. The maximum absolute atomic E-state index is 12.1. The minimum Gasteiger partial charge on any atom is -0.459 e. The lowest BCUT2D eigenvalue weighted by Crippen LogP contribution is -2.24. The molecule has 28 heavy (non-hydrogen) atoms. The molecule has 3 aromatic heterocycles. The van der Waals surface area contributed by atoms with E-state index >= 15 is 0 Å². The molecule has 0 atom stereocenters. The zero-order valence-corrected chi connectivity index (χ0v) is 15.7. The van der Waals surface area contributed by atoms with Gasteiger partial charge in [0.1, 0.15) is 0 Å². The van der Waals surface area contributed by atoms with Gasteiger partial charge in [-0.3, -0.25) is 14.6 Å². The summed E-state index contributed by atoms with van der Waals surface area (Å²) in [5.41, 5.74) is 0.627. The molecule has 0 aliphatic heterocycles. The molecule has 2 amide bonds. The molecule has 0 bridgehead atoms. The van der Waals surface area contributed by atoms with Crippen LogP contribution in [0.3, 0.4) is 0 Å². The highest BCUT2D eigenvalue weighted by Gasteiger charge is 2.15. The van der Waals surface area contributed by atoms with Crippen LogP contribution < -0.4 is 10.6 Å². The van der Waals surface area contributed by atoms with E-state index in [1.54, 1.807) is 47.3 Å². The van der Waals surface area contributed by atoms with Gasteiger partial charge in [0.2, 0.25) is 5.91 Å². The minimum absolute atomic E-state index is 0.156. The Hall–Kier alpha value is -3.40. The predicted molar refractivity (Wildman–Crippen MR) is 104 cm³/mol. The molecular formula is C18H18N6O3S. The van der Waals surface area contributed by atoms with Gasteiger partial charge in [-0.05, 0) is 24.3 Å². The molecule has 3 heterocycles. The molecule has 0 saturated carbocycles. The quantitative estimate of drug-likeness (QED) is 0.419. The molecule has 0 radical (unpaired) electrons. The van der Waals surface area contributed by atoms with Crippen LogP contribution in [-0.2, 0) is 17.9 Å². The molecule has 2 N–H and O–H groups in total. The number of carbonyl (C=O) groups excluding carboxylic acids is 2. The summed E-state index contributed by atoms with van der Waals surface area (Å²) >= 11 is 1.25. The maximum Gasteiger partial charge on any atom is 0.287 e. The van der Waals surface area contributed by atoms with Gasteiger partial charge in [0.15, 0.2) is 16.7 Å². The lowest BCUT2D eigenvalue weighted by atomic mass is 10.4. The van der Waals surface area contributed by atoms with Crippen LogP contribution in [0.15, 0.2) is 65.2 Å². The number of anilines is 1. The molecule has 0 aliphatic rings. The zero-order valence-electron chi connectivity index (χ0n) is 14.9. The van der Waals surface area contributed by atoms with Crippen molar-refractivity contribution < 1.29 is 14.0 Å². The highest BCUT2D eigenvalue weighted by atomic mass is 32.2. The molecule has 9 nitrogen and oxygen atoms in total. The van der Waals surface area contributed by atoms with Gasteiger partial charge in [-0.2, -0.15) is 0 Å². The van der Waals surface area contributed by atoms with Gasteiger partial charge >= 0.3 is 0 Å². The third kappa shape index (κ3) is 5.07. The Morgan fingerprint density at radius 2 is 2.18 bits per heavy atom. The van der Waals surface area contributed by atoms with Crippen LogP contribution in [0.25, 0.3) is 0 Å². The summed E-state index contributed by atoms with van der Waals surface area (Å²) in [6.45, 7) is 4.35. The average molecular weight is 398 g/mol. The summed E-state index contributed by atoms with van der Waals surface area (Å²) in [5, 5.41) is 14.3. The first-order valence-corrected chi connectivity index (χ1v) is 9.33. The van der Waals surface area contributed by atoms with Crippen molar-refractivity contribution in [3.05, 3.63) is 67.2 Å². The van der Waals surface area contributed by atoms with Gasteiger partial charge in [-0.25, -0.2) is 0 Å². The Morgan fingerprint density at radius 3 is 2.89 bits per heavy atom. The first-order chi connectivity index (χ1) is 13.7. The van der Waals surface area contributed by atoms with E-state index in [1.165, 1.54) is 18.0 Å². The van der Waals surface area contributed by atoms with Crippen LogP contribution in [0.4, 0.5) is 5.69 Å². The van der Waals surface area contributed by atoms with Crippen molar-refractivity contribution in [3.8, 4) is 0 Å². The smallest absolute Gasteiger partial charge is 0.287 e. The van der Waals surface area contributed by atoms with Crippen LogP contribution in [0.2, 0.25) is 0 Å². The molecule has 0 spiro atoms. The second kappa shape index (κ2) is 9.51. The van der Waals surface area contributed by atoms with Crippen LogP contribution in [0.5, 0.6) is 0 Å². The number of amides is 2. The van der Waals surface area contributed by atoms with E-state index in [-0.39, 0.29) is 29.9 Å². The standard InChI is InChI=1S/C18H18N6O3S/c1-2-8-24-15(11-20-17(26)14-6-4-9-27-14)22-23-18(24)28-12-16(25)21-13-5-3-7-19-10-13/h2-7,9-10H,1,8,11-12H2,(H,20,26)(H,21,25). The number of rotatable bonds is 9. The van der Waals surface area contributed by atoms with Gasteiger partial charge in [0, 0.05) is 12.7 Å². The monoisotopic (exact) mass is 398 g/mol. The minimum atomic E-state index is -0.344. The Bertz CT molecular complexity index is 940. The van der Waals surface area contributed by atoms with Gasteiger partial charge < -0.3 is 19.6 Å². The lowest BCUT2D eigenvalue weighted by molar-refractivity contribution is -0.113. The molecule has 10 heteroatoms. The zero-order chi connectivity index (χ0) is 19.8. The maximum atomic E-state index is 12.1. The highest BCUT2D eigenvalue weighted by molar-refractivity contribution is 7.99. The summed E-state index contributed by atoms with van der Waals surface area (Å²) in [6, 6.07) is 6.72. The fourth-order valence-electron chi connectivity index (χ4n) is 2.29. The van der Waals surface area contributed by atoms with E-state index in [0.29, 0.717) is 23.2 Å². The molecule has 3 aromatic rings. The molecular weight excluding hydrogens is 380 g/mol. The van der Waals surface area contributed by atoms with Crippen molar-refractivity contribution in [2.45, 2.75) is 18.2 Å². The van der Waals surface area contributed by atoms with Gasteiger partial charge in [-0.1, -0.05) is 17.8 Å². The Labute approximate surface area is 165 Å². The Morgan fingerprint density at radius 1 is 1.29 bits per heavy atom. The molecule has 0 fully saturated rings. The van der Waals surface area contributed by atoms with Crippen LogP contribution in [0, 0.1) is 0 Å². The fourth-order valence-corrected chi connectivity index (χ4v) is 3.05. The fraction of sp³-hybridized carbons (Fsp3) is 0.167. The molecule has 144 valence electrons. The van der Waals surface area contributed by atoms with Crippen molar-refractivity contribution in [1.29, 1.82) is 0 Å². The Balaban J connectivity index is 1.59.